The number of nitrogens with one attached hydrogen (secondary N) is 1. The highest BCUT2D eigenvalue weighted by Crippen LogP contribution is 2.31. The SMILES string of the molecule is CCC1(C)CC(NCc2cc3c(s2)CCC3)CCO1. The molecule has 0 aromatic carbocycles. The molecule has 2 heterocycles. The summed E-state index contributed by atoms with van der Waals surface area (Å²) in [7, 11) is 0. The van der Waals surface area contributed by atoms with E-state index >= 15 is 0 Å². The number of rotatable bonds is 4. The Hall–Kier alpha value is -0.380. The van der Waals surface area contributed by atoms with E-state index in [-0.39, 0.29) is 5.60 Å². The van der Waals surface area contributed by atoms with Gasteiger partial charge in [-0.1, -0.05) is 6.92 Å². The lowest BCUT2D eigenvalue weighted by atomic mass is 9.90. The Morgan fingerprint density at radius 2 is 2.37 bits per heavy atom. The largest absolute Gasteiger partial charge is 0.375 e. The number of ether oxygens (including phenoxy) is 1. The first-order chi connectivity index (χ1) is 9.18. The van der Waals surface area contributed by atoms with E-state index in [0.717, 1.165) is 32.4 Å². The van der Waals surface area contributed by atoms with Crippen LogP contribution in [0.1, 0.15) is 54.8 Å². The second kappa shape index (κ2) is 5.55. The lowest BCUT2D eigenvalue weighted by Crippen LogP contribution is -2.44. The lowest BCUT2D eigenvalue weighted by Gasteiger charge is -2.38. The molecule has 3 rings (SSSR count). The molecule has 3 heteroatoms. The van der Waals surface area contributed by atoms with E-state index in [9.17, 15) is 0 Å². The highest BCUT2D eigenvalue weighted by molar-refractivity contribution is 7.12. The highest BCUT2D eigenvalue weighted by Gasteiger charge is 2.31. The Labute approximate surface area is 120 Å². The van der Waals surface area contributed by atoms with Gasteiger partial charge in [-0.3, -0.25) is 0 Å². The fourth-order valence-electron chi connectivity index (χ4n) is 3.27. The summed E-state index contributed by atoms with van der Waals surface area (Å²) < 4.78 is 5.91. The zero-order valence-corrected chi connectivity index (χ0v) is 12.9. The third kappa shape index (κ3) is 3.04. The fourth-order valence-corrected chi connectivity index (χ4v) is 4.48. The molecule has 1 aromatic heterocycles. The van der Waals surface area contributed by atoms with Gasteiger partial charge in [0.15, 0.2) is 0 Å². The minimum atomic E-state index is 0.0904. The summed E-state index contributed by atoms with van der Waals surface area (Å²) in [5.41, 5.74) is 1.71. The fraction of sp³-hybridized carbons (Fsp3) is 0.750. The minimum absolute atomic E-state index is 0.0904. The first-order valence-corrected chi connectivity index (χ1v) is 8.48. The van der Waals surface area contributed by atoms with E-state index in [2.05, 4.69) is 25.2 Å². The second-order valence-corrected chi connectivity index (χ2v) is 7.46. The standard InChI is InChI=1S/C16H25NOS/c1-3-16(2)10-13(7-8-18-16)17-11-14-9-12-5-4-6-15(12)19-14/h9,13,17H,3-8,10-11H2,1-2H3. The molecule has 0 radical (unpaired) electrons. The predicted octanol–water partition coefficient (Wildman–Crippen LogP) is 3.67. The average Bonchev–Trinajstić information content (AvgIpc) is 2.97. The van der Waals surface area contributed by atoms with Crippen LogP contribution in [-0.2, 0) is 24.1 Å². The minimum Gasteiger partial charge on any atom is -0.375 e. The molecule has 19 heavy (non-hydrogen) atoms. The van der Waals surface area contributed by atoms with Crippen molar-refractivity contribution in [1.29, 1.82) is 0 Å². The van der Waals surface area contributed by atoms with Gasteiger partial charge in [0.05, 0.1) is 5.60 Å². The molecule has 0 bridgehead atoms. The van der Waals surface area contributed by atoms with Crippen molar-refractivity contribution in [2.75, 3.05) is 6.61 Å². The van der Waals surface area contributed by atoms with Gasteiger partial charge in [-0.25, -0.2) is 0 Å². The molecular weight excluding hydrogens is 254 g/mol. The van der Waals surface area contributed by atoms with Crippen LogP contribution in [0.5, 0.6) is 0 Å². The molecule has 2 nitrogen and oxygen atoms in total. The molecule has 1 saturated heterocycles. The van der Waals surface area contributed by atoms with Crippen LogP contribution in [0.4, 0.5) is 0 Å². The number of aryl methyl sites for hydroxylation is 2. The van der Waals surface area contributed by atoms with Crippen molar-refractivity contribution in [3.05, 3.63) is 21.4 Å². The summed E-state index contributed by atoms with van der Waals surface area (Å²) in [6, 6.07) is 3.05. The monoisotopic (exact) mass is 279 g/mol. The van der Waals surface area contributed by atoms with Crippen LogP contribution in [0.25, 0.3) is 0 Å². The van der Waals surface area contributed by atoms with Crippen molar-refractivity contribution in [3.8, 4) is 0 Å². The van der Waals surface area contributed by atoms with Gasteiger partial charge in [0, 0.05) is 28.9 Å². The maximum Gasteiger partial charge on any atom is 0.0666 e. The van der Waals surface area contributed by atoms with Crippen LogP contribution in [0.15, 0.2) is 6.07 Å². The molecule has 2 unspecified atom stereocenters. The van der Waals surface area contributed by atoms with Crippen LogP contribution in [-0.4, -0.2) is 18.2 Å². The number of thiophene rings is 1. The van der Waals surface area contributed by atoms with Crippen molar-refractivity contribution in [2.45, 2.75) is 70.6 Å². The topological polar surface area (TPSA) is 21.3 Å². The number of fused-ring (bicyclic) bond motifs is 1. The summed E-state index contributed by atoms with van der Waals surface area (Å²) in [6.45, 7) is 6.43. The zero-order valence-electron chi connectivity index (χ0n) is 12.1. The van der Waals surface area contributed by atoms with Crippen molar-refractivity contribution in [3.63, 3.8) is 0 Å². The molecule has 2 atom stereocenters. The first kappa shape index (κ1) is 13.6. The van der Waals surface area contributed by atoms with Crippen LogP contribution in [0.2, 0.25) is 0 Å². The molecule has 1 aromatic rings. The number of hydrogen-bond donors (Lipinski definition) is 1. The molecule has 1 fully saturated rings. The Morgan fingerprint density at radius 3 is 3.16 bits per heavy atom. The van der Waals surface area contributed by atoms with Crippen LogP contribution < -0.4 is 5.32 Å². The normalized spacial score (nSPS) is 30.5. The van der Waals surface area contributed by atoms with Gasteiger partial charge in [-0.15, -0.1) is 11.3 Å². The average molecular weight is 279 g/mol. The van der Waals surface area contributed by atoms with Crippen molar-refractivity contribution in [2.24, 2.45) is 0 Å². The Morgan fingerprint density at radius 1 is 1.47 bits per heavy atom. The maximum absolute atomic E-state index is 5.91. The van der Waals surface area contributed by atoms with Gasteiger partial charge >= 0.3 is 0 Å². The molecule has 0 saturated carbocycles. The Kier molecular flexibility index (Phi) is 3.97. The zero-order chi connectivity index (χ0) is 13.3. The van der Waals surface area contributed by atoms with Crippen LogP contribution in [0, 0.1) is 0 Å². The van der Waals surface area contributed by atoms with E-state index < -0.39 is 0 Å². The van der Waals surface area contributed by atoms with Gasteiger partial charge in [-0.2, -0.15) is 0 Å². The molecule has 0 spiro atoms. The summed E-state index contributed by atoms with van der Waals surface area (Å²) in [4.78, 5) is 3.16. The van der Waals surface area contributed by atoms with Crippen LogP contribution in [0.3, 0.4) is 0 Å². The van der Waals surface area contributed by atoms with E-state index in [1.54, 1.807) is 10.4 Å². The van der Waals surface area contributed by atoms with Crippen molar-refractivity contribution in [1.82, 2.24) is 5.32 Å². The summed E-state index contributed by atoms with van der Waals surface area (Å²) in [6.07, 6.45) is 7.39. The van der Waals surface area contributed by atoms with Gasteiger partial charge in [0.1, 0.15) is 0 Å². The third-order valence-corrected chi connectivity index (χ3v) is 5.94. The third-order valence-electron chi connectivity index (χ3n) is 4.71. The highest BCUT2D eigenvalue weighted by atomic mass is 32.1. The van der Waals surface area contributed by atoms with E-state index in [4.69, 9.17) is 4.74 Å². The summed E-state index contributed by atoms with van der Waals surface area (Å²) in [5, 5.41) is 3.75. The quantitative estimate of drug-likeness (QED) is 0.908. The van der Waals surface area contributed by atoms with E-state index in [1.165, 1.54) is 24.1 Å². The van der Waals surface area contributed by atoms with Gasteiger partial charge in [-0.05, 0) is 57.1 Å². The number of hydrogen-bond acceptors (Lipinski definition) is 3. The molecular formula is C16H25NOS. The van der Waals surface area contributed by atoms with Crippen molar-refractivity contribution < 1.29 is 4.74 Å². The lowest BCUT2D eigenvalue weighted by molar-refractivity contribution is -0.0781. The summed E-state index contributed by atoms with van der Waals surface area (Å²) in [5.74, 6) is 0. The first-order valence-electron chi connectivity index (χ1n) is 7.66. The van der Waals surface area contributed by atoms with Crippen LogP contribution >= 0.6 is 11.3 Å². The second-order valence-electron chi connectivity index (χ2n) is 6.24. The smallest absolute Gasteiger partial charge is 0.0666 e. The van der Waals surface area contributed by atoms with Gasteiger partial charge < -0.3 is 10.1 Å². The molecule has 106 valence electrons. The molecule has 1 aliphatic carbocycles. The molecule has 1 N–H and O–H groups in total. The Bertz CT molecular complexity index is 420. The molecule has 1 aliphatic heterocycles. The van der Waals surface area contributed by atoms with Gasteiger partial charge in [0.2, 0.25) is 0 Å². The van der Waals surface area contributed by atoms with Gasteiger partial charge in [0.25, 0.3) is 0 Å². The maximum atomic E-state index is 5.91. The van der Waals surface area contributed by atoms with Crippen molar-refractivity contribution >= 4 is 11.3 Å². The molecule has 0 amide bonds. The Balaban J connectivity index is 1.54. The summed E-state index contributed by atoms with van der Waals surface area (Å²) >= 11 is 2.02. The predicted molar refractivity (Wildman–Crippen MR) is 80.9 cm³/mol. The van der Waals surface area contributed by atoms with E-state index in [1.807, 2.05) is 11.3 Å². The van der Waals surface area contributed by atoms with E-state index in [0.29, 0.717) is 6.04 Å². The molecule has 2 aliphatic rings.